The molecule has 0 aromatic carbocycles. The summed E-state index contributed by atoms with van der Waals surface area (Å²) in [5, 5.41) is 0. The second-order valence-electron chi connectivity index (χ2n) is 7.28. The molecule has 0 rings (SSSR count). The second kappa shape index (κ2) is 9.72. The highest BCUT2D eigenvalue weighted by atomic mass is 19.4. The molecule has 0 heterocycles. The van der Waals surface area contributed by atoms with E-state index in [2.05, 4.69) is 11.7 Å². The van der Waals surface area contributed by atoms with Crippen molar-refractivity contribution in [1.82, 2.24) is 0 Å². The van der Waals surface area contributed by atoms with Gasteiger partial charge < -0.3 is 4.74 Å². The highest BCUT2D eigenvalue weighted by Crippen LogP contribution is 2.67. The molecule has 0 aliphatic heterocycles. The average molecular weight is 641 g/mol. The Morgan fingerprint density at radius 1 is 0.359 bits per heavy atom. The molecular formula is C15H8F23O. The molecule has 39 heavy (non-hydrogen) atoms. The first-order chi connectivity index (χ1) is 16.6. The molecule has 0 saturated carbocycles. The van der Waals surface area contributed by atoms with Gasteiger partial charge in [0.25, 0.3) is 0 Å². The minimum absolute atomic E-state index is 0.653. The smallest absolute Gasteiger partial charge is 0.375 e. The van der Waals surface area contributed by atoms with Gasteiger partial charge >= 0.3 is 65.4 Å². The lowest BCUT2D eigenvalue weighted by Crippen LogP contribution is -2.77. The molecule has 0 N–H and O–H groups in total. The van der Waals surface area contributed by atoms with E-state index >= 15 is 0 Å². The van der Waals surface area contributed by atoms with E-state index in [0.717, 1.165) is 0 Å². The van der Waals surface area contributed by atoms with Gasteiger partial charge in [-0.3, -0.25) is 0 Å². The van der Waals surface area contributed by atoms with Crippen LogP contribution in [0.15, 0.2) is 0 Å². The highest BCUT2D eigenvalue weighted by molar-refractivity contribution is 5.18. The van der Waals surface area contributed by atoms with E-state index in [4.69, 9.17) is 0 Å². The zero-order chi connectivity index (χ0) is 32.3. The second-order valence-corrected chi connectivity index (χ2v) is 7.28. The normalized spacial score (nSPS) is 16.6. The molecule has 0 saturated heterocycles. The first kappa shape index (κ1) is 37.4. The van der Waals surface area contributed by atoms with E-state index in [0.29, 0.717) is 0 Å². The minimum atomic E-state index is -9.39. The Hall–Kier alpha value is -1.65. The fraction of sp³-hybridized carbons (Fsp3) is 0.933. The SMILES string of the molecule is [CH2]CCOCC(F)(F)C(F)(F)C(F)(F)C(F)(F)C(F)(F)C(F)(F)C(F)(F)C(F)(F)C(F)(F)C(F)(F)C(F)(F)F. The first-order valence-corrected chi connectivity index (χ1v) is 8.78. The fourth-order valence-corrected chi connectivity index (χ4v) is 2.18. The van der Waals surface area contributed by atoms with Crippen molar-refractivity contribution in [2.45, 2.75) is 71.8 Å². The predicted octanol–water partition coefficient (Wildman–Crippen LogP) is 8.14. The van der Waals surface area contributed by atoms with Gasteiger partial charge in [-0.1, -0.05) is 6.92 Å². The Balaban J connectivity index is 7.06. The van der Waals surface area contributed by atoms with E-state index in [9.17, 15) is 101 Å². The molecular weight excluding hydrogens is 633 g/mol. The van der Waals surface area contributed by atoms with Gasteiger partial charge in [-0.15, -0.1) is 0 Å². The van der Waals surface area contributed by atoms with Crippen molar-refractivity contribution in [1.29, 1.82) is 0 Å². The van der Waals surface area contributed by atoms with Crippen LogP contribution in [-0.2, 0) is 4.74 Å². The van der Waals surface area contributed by atoms with Crippen LogP contribution in [0.2, 0.25) is 0 Å². The van der Waals surface area contributed by atoms with Gasteiger partial charge in [-0.05, 0) is 6.42 Å². The summed E-state index contributed by atoms with van der Waals surface area (Å²) in [6.07, 6.45) is -8.74. The molecule has 1 radical (unpaired) electrons. The fourth-order valence-electron chi connectivity index (χ4n) is 2.18. The largest absolute Gasteiger partial charge is 0.460 e. The van der Waals surface area contributed by atoms with Crippen LogP contribution in [0.1, 0.15) is 6.42 Å². The molecule has 0 spiro atoms. The summed E-state index contributed by atoms with van der Waals surface area (Å²) in [5.41, 5.74) is 0. The molecule has 0 atom stereocenters. The van der Waals surface area contributed by atoms with E-state index in [1.54, 1.807) is 0 Å². The summed E-state index contributed by atoms with van der Waals surface area (Å²) in [6.45, 7) is -1.51. The van der Waals surface area contributed by atoms with Gasteiger partial charge in [0.1, 0.15) is 6.61 Å². The van der Waals surface area contributed by atoms with Gasteiger partial charge in [0.05, 0.1) is 0 Å². The molecule has 0 aromatic heterocycles. The molecule has 0 aromatic rings. The first-order valence-electron chi connectivity index (χ1n) is 8.78. The number of hydrogen-bond donors (Lipinski definition) is 0. The maximum Gasteiger partial charge on any atom is 0.460 e. The topological polar surface area (TPSA) is 9.23 Å². The van der Waals surface area contributed by atoms with Crippen LogP contribution in [0.4, 0.5) is 101 Å². The van der Waals surface area contributed by atoms with Crippen LogP contribution >= 0.6 is 0 Å². The van der Waals surface area contributed by atoms with Crippen LogP contribution in [0.3, 0.4) is 0 Å². The van der Waals surface area contributed by atoms with E-state index in [1.165, 1.54) is 0 Å². The maximum absolute atomic E-state index is 13.6. The van der Waals surface area contributed by atoms with Crippen LogP contribution in [0.25, 0.3) is 0 Å². The molecule has 0 fully saturated rings. The molecule has 0 unspecified atom stereocenters. The predicted molar refractivity (Wildman–Crippen MR) is 76.3 cm³/mol. The van der Waals surface area contributed by atoms with Crippen molar-refractivity contribution >= 4 is 0 Å². The number of hydrogen-bond acceptors (Lipinski definition) is 1. The van der Waals surface area contributed by atoms with Crippen molar-refractivity contribution in [3.8, 4) is 0 Å². The summed E-state index contributed by atoms with van der Waals surface area (Å²) in [6, 6.07) is 0. The van der Waals surface area contributed by atoms with Gasteiger partial charge in [0, 0.05) is 6.61 Å². The molecule has 0 amide bonds. The van der Waals surface area contributed by atoms with Crippen molar-refractivity contribution < 1.29 is 106 Å². The van der Waals surface area contributed by atoms with Crippen molar-refractivity contribution in [3.05, 3.63) is 6.92 Å². The average Bonchev–Trinajstić information content (AvgIpc) is 2.71. The van der Waals surface area contributed by atoms with Gasteiger partial charge in [0.2, 0.25) is 0 Å². The Kier molecular flexibility index (Phi) is 9.31. The van der Waals surface area contributed by atoms with Gasteiger partial charge in [-0.25, -0.2) is 0 Å². The third-order valence-corrected chi connectivity index (χ3v) is 4.54. The molecule has 235 valence electrons. The highest BCUT2D eigenvalue weighted by Gasteiger charge is 2.98. The van der Waals surface area contributed by atoms with Crippen LogP contribution in [-0.4, -0.2) is 78.6 Å². The lowest BCUT2D eigenvalue weighted by atomic mass is 9.85. The van der Waals surface area contributed by atoms with Crippen LogP contribution in [0.5, 0.6) is 0 Å². The van der Waals surface area contributed by atoms with E-state index in [1.807, 2.05) is 0 Å². The lowest BCUT2D eigenvalue weighted by molar-refractivity contribution is -0.478. The van der Waals surface area contributed by atoms with Crippen molar-refractivity contribution in [2.75, 3.05) is 13.2 Å². The van der Waals surface area contributed by atoms with E-state index in [-0.39, 0.29) is 0 Å². The standard InChI is InChI=1S/C15H8F23O/c1-2-3-39-4-5(16,17)6(18,19)7(20,21)8(22,23)9(24,25)10(26,27)11(28,29)12(30,31)13(32,33)14(34,35)15(36,37)38/h1-4H2. The third kappa shape index (κ3) is 4.82. The zero-order valence-corrected chi connectivity index (χ0v) is 17.4. The third-order valence-electron chi connectivity index (χ3n) is 4.54. The Bertz CT molecular complexity index is 852. The van der Waals surface area contributed by atoms with Crippen LogP contribution < -0.4 is 0 Å². The Morgan fingerprint density at radius 3 is 0.821 bits per heavy atom. The summed E-state index contributed by atoms with van der Waals surface area (Å²) in [4.78, 5) is 0. The number of ether oxygens (including phenoxy) is 1. The molecule has 0 bridgehead atoms. The molecule has 0 aliphatic rings. The minimum Gasteiger partial charge on any atom is -0.375 e. The Morgan fingerprint density at radius 2 is 0.590 bits per heavy atom. The summed E-state index contributed by atoms with van der Waals surface area (Å²) in [5.74, 6) is -87.5. The maximum atomic E-state index is 13.6. The zero-order valence-electron chi connectivity index (χ0n) is 17.4. The van der Waals surface area contributed by atoms with E-state index < -0.39 is 85.0 Å². The van der Waals surface area contributed by atoms with Crippen LogP contribution in [0, 0.1) is 6.92 Å². The number of alkyl halides is 23. The number of halogens is 23. The molecule has 1 nitrogen and oxygen atoms in total. The molecule has 24 heteroatoms. The van der Waals surface area contributed by atoms with Crippen molar-refractivity contribution in [2.24, 2.45) is 0 Å². The summed E-state index contributed by atoms with van der Waals surface area (Å²) >= 11 is 0. The van der Waals surface area contributed by atoms with Crippen molar-refractivity contribution in [3.63, 3.8) is 0 Å². The summed E-state index contributed by atoms with van der Waals surface area (Å²) < 4.78 is 307. The monoisotopic (exact) mass is 641 g/mol. The lowest BCUT2D eigenvalue weighted by Gasteiger charge is -2.45. The summed E-state index contributed by atoms with van der Waals surface area (Å²) in [7, 11) is 0. The number of rotatable bonds is 13. The van der Waals surface area contributed by atoms with Gasteiger partial charge in [0.15, 0.2) is 0 Å². The van der Waals surface area contributed by atoms with Gasteiger partial charge in [-0.2, -0.15) is 101 Å². The quantitative estimate of drug-likeness (QED) is 0.146. The molecule has 0 aliphatic carbocycles. The Labute approximate surface area is 199 Å².